The summed E-state index contributed by atoms with van der Waals surface area (Å²) in [6.07, 6.45) is 0.848. The van der Waals surface area contributed by atoms with Gasteiger partial charge in [-0.3, -0.25) is 9.78 Å². The Morgan fingerprint density at radius 2 is 2.23 bits per heavy atom. The Bertz CT molecular complexity index is 321. The number of carboxylic acid groups (broad SMARTS) is 1. The number of aliphatic carboxylic acids is 1. The largest absolute Gasteiger partial charge is 0.481 e. The van der Waals surface area contributed by atoms with Gasteiger partial charge in [0.2, 0.25) is 0 Å². The van der Waals surface area contributed by atoms with Gasteiger partial charge in [-0.1, -0.05) is 13.0 Å². The zero-order chi connectivity index (χ0) is 9.84. The lowest BCUT2D eigenvalue weighted by Crippen LogP contribution is -2.05. The van der Waals surface area contributed by atoms with Gasteiger partial charge in [-0.05, 0) is 25.0 Å². The van der Waals surface area contributed by atoms with Gasteiger partial charge in [0, 0.05) is 11.4 Å². The van der Waals surface area contributed by atoms with Crippen molar-refractivity contribution in [2.45, 2.75) is 26.7 Å². The van der Waals surface area contributed by atoms with E-state index in [1.54, 1.807) is 0 Å². The lowest BCUT2D eigenvalue weighted by molar-refractivity contribution is -0.136. The molecule has 0 unspecified atom stereocenters. The van der Waals surface area contributed by atoms with Crippen molar-refractivity contribution in [1.82, 2.24) is 4.98 Å². The van der Waals surface area contributed by atoms with Gasteiger partial charge in [-0.2, -0.15) is 0 Å². The normalized spacial score (nSPS) is 10.0. The Labute approximate surface area is 77.4 Å². The summed E-state index contributed by atoms with van der Waals surface area (Å²) in [5.74, 6) is -0.805. The van der Waals surface area contributed by atoms with Crippen molar-refractivity contribution < 1.29 is 9.90 Å². The number of rotatable bonds is 3. The second-order valence-electron chi connectivity index (χ2n) is 2.98. The minimum atomic E-state index is -0.805. The Morgan fingerprint density at radius 3 is 2.77 bits per heavy atom. The van der Waals surface area contributed by atoms with Crippen molar-refractivity contribution in [2.24, 2.45) is 0 Å². The smallest absolute Gasteiger partial charge is 0.307 e. The minimum Gasteiger partial charge on any atom is -0.481 e. The highest BCUT2D eigenvalue weighted by Gasteiger charge is 2.06. The first-order chi connectivity index (χ1) is 6.13. The average molecular weight is 179 g/mol. The van der Waals surface area contributed by atoms with E-state index < -0.39 is 5.97 Å². The van der Waals surface area contributed by atoms with Crippen molar-refractivity contribution >= 4 is 5.97 Å². The van der Waals surface area contributed by atoms with Crippen molar-refractivity contribution in [3.05, 3.63) is 29.1 Å². The van der Waals surface area contributed by atoms with Gasteiger partial charge in [0.05, 0.1) is 6.42 Å². The number of pyridine rings is 1. The molecule has 0 aliphatic heterocycles. The van der Waals surface area contributed by atoms with Crippen molar-refractivity contribution in [3.8, 4) is 0 Å². The second-order valence-corrected chi connectivity index (χ2v) is 2.98. The lowest BCUT2D eigenvalue weighted by Gasteiger charge is -2.04. The molecule has 1 aromatic heterocycles. The van der Waals surface area contributed by atoms with Crippen LogP contribution in [-0.2, 0) is 17.6 Å². The summed E-state index contributed by atoms with van der Waals surface area (Å²) in [6, 6.07) is 3.69. The molecule has 13 heavy (non-hydrogen) atoms. The molecule has 0 saturated heterocycles. The molecule has 70 valence electrons. The Hall–Kier alpha value is -1.38. The molecule has 1 heterocycles. The van der Waals surface area contributed by atoms with Crippen LogP contribution < -0.4 is 0 Å². The summed E-state index contributed by atoms with van der Waals surface area (Å²) >= 11 is 0. The quantitative estimate of drug-likeness (QED) is 0.766. The van der Waals surface area contributed by atoms with E-state index in [0.29, 0.717) is 0 Å². The molecule has 0 amide bonds. The third-order valence-electron chi connectivity index (χ3n) is 1.88. The number of carbonyl (C=O) groups is 1. The van der Waals surface area contributed by atoms with Gasteiger partial charge in [-0.25, -0.2) is 0 Å². The van der Waals surface area contributed by atoms with Crippen LogP contribution in [-0.4, -0.2) is 16.1 Å². The molecular formula is C10H13NO2. The number of hydrogen-bond donors (Lipinski definition) is 1. The molecule has 0 aliphatic rings. The predicted molar refractivity (Wildman–Crippen MR) is 49.7 cm³/mol. The summed E-state index contributed by atoms with van der Waals surface area (Å²) in [7, 11) is 0. The molecule has 3 heteroatoms. The van der Waals surface area contributed by atoms with E-state index in [4.69, 9.17) is 5.11 Å². The van der Waals surface area contributed by atoms with Crippen LogP contribution in [0.3, 0.4) is 0 Å². The standard InChI is InChI=1S/C10H13NO2/c1-3-9-8(6-10(12)13)5-4-7(2)11-9/h4-5H,3,6H2,1-2H3,(H,12,13). The highest BCUT2D eigenvalue weighted by atomic mass is 16.4. The zero-order valence-electron chi connectivity index (χ0n) is 7.87. The molecule has 1 N–H and O–H groups in total. The van der Waals surface area contributed by atoms with Gasteiger partial charge in [0.15, 0.2) is 0 Å². The molecule has 0 aliphatic carbocycles. The fourth-order valence-electron chi connectivity index (χ4n) is 1.27. The Balaban J connectivity index is 2.99. The summed E-state index contributed by atoms with van der Waals surface area (Å²) in [4.78, 5) is 14.8. The highest BCUT2D eigenvalue weighted by molar-refractivity contribution is 5.70. The van der Waals surface area contributed by atoms with E-state index in [9.17, 15) is 4.79 Å². The second kappa shape index (κ2) is 4.03. The molecule has 1 rings (SSSR count). The molecule has 0 bridgehead atoms. The molecule has 0 atom stereocenters. The van der Waals surface area contributed by atoms with Gasteiger partial charge in [0.25, 0.3) is 0 Å². The van der Waals surface area contributed by atoms with Gasteiger partial charge >= 0.3 is 5.97 Å². The summed E-state index contributed by atoms with van der Waals surface area (Å²) < 4.78 is 0. The summed E-state index contributed by atoms with van der Waals surface area (Å²) in [5.41, 5.74) is 2.65. The number of carboxylic acids is 1. The molecule has 0 spiro atoms. The third kappa shape index (κ3) is 2.54. The zero-order valence-corrected chi connectivity index (χ0v) is 7.87. The number of hydrogen-bond acceptors (Lipinski definition) is 2. The fraction of sp³-hybridized carbons (Fsp3) is 0.400. The Kier molecular flexibility index (Phi) is 3.01. The molecule has 3 nitrogen and oxygen atoms in total. The summed E-state index contributed by atoms with van der Waals surface area (Å²) in [5, 5.41) is 8.63. The van der Waals surface area contributed by atoms with Gasteiger partial charge in [0.1, 0.15) is 0 Å². The number of nitrogens with zero attached hydrogens (tertiary/aromatic N) is 1. The Morgan fingerprint density at radius 1 is 1.54 bits per heavy atom. The van der Waals surface area contributed by atoms with E-state index in [0.717, 1.165) is 23.4 Å². The van der Waals surface area contributed by atoms with Gasteiger partial charge < -0.3 is 5.11 Å². The van der Waals surface area contributed by atoms with Crippen LogP contribution in [0.15, 0.2) is 12.1 Å². The number of aryl methyl sites for hydroxylation is 2. The fourth-order valence-corrected chi connectivity index (χ4v) is 1.27. The molecular weight excluding hydrogens is 166 g/mol. The average Bonchev–Trinajstić information content (AvgIpc) is 2.07. The monoisotopic (exact) mass is 179 g/mol. The van der Waals surface area contributed by atoms with Crippen LogP contribution in [0.5, 0.6) is 0 Å². The number of aromatic nitrogens is 1. The SMILES string of the molecule is CCc1nc(C)ccc1CC(=O)O. The molecule has 0 aromatic carbocycles. The highest BCUT2D eigenvalue weighted by Crippen LogP contribution is 2.09. The van der Waals surface area contributed by atoms with Crippen LogP contribution in [0, 0.1) is 6.92 Å². The molecule has 0 saturated carbocycles. The van der Waals surface area contributed by atoms with Crippen molar-refractivity contribution in [3.63, 3.8) is 0 Å². The van der Waals surface area contributed by atoms with Crippen LogP contribution in [0.25, 0.3) is 0 Å². The third-order valence-corrected chi connectivity index (χ3v) is 1.88. The van der Waals surface area contributed by atoms with Crippen LogP contribution >= 0.6 is 0 Å². The molecule has 0 radical (unpaired) electrons. The topological polar surface area (TPSA) is 50.2 Å². The maximum Gasteiger partial charge on any atom is 0.307 e. The van der Waals surface area contributed by atoms with Crippen LogP contribution in [0.2, 0.25) is 0 Å². The molecule has 1 aromatic rings. The van der Waals surface area contributed by atoms with E-state index in [2.05, 4.69) is 4.98 Å². The first kappa shape index (κ1) is 9.71. The maximum atomic E-state index is 10.5. The van der Waals surface area contributed by atoms with Crippen LogP contribution in [0.4, 0.5) is 0 Å². The maximum absolute atomic E-state index is 10.5. The first-order valence-electron chi connectivity index (χ1n) is 4.30. The molecule has 0 fully saturated rings. The van der Waals surface area contributed by atoms with Gasteiger partial charge in [-0.15, -0.1) is 0 Å². The first-order valence-corrected chi connectivity index (χ1v) is 4.30. The van der Waals surface area contributed by atoms with Crippen LogP contribution in [0.1, 0.15) is 23.9 Å². The summed E-state index contributed by atoms with van der Waals surface area (Å²) in [6.45, 7) is 3.89. The van der Waals surface area contributed by atoms with Crippen molar-refractivity contribution in [1.29, 1.82) is 0 Å². The van der Waals surface area contributed by atoms with Crippen molar-refractivity contribution in [2.75, 3.05) is 0 Å². The predicted octanol–water partition coefficient (Wildman–Crippen LogP) is 1.58. The van der Waals surface area contributed by atoms with E-state index in [1.807, 2.05) is 26.0 Å². The van der Waals surface area contributed by atoms with E-state index in [1.165, 1.54) is 0 Å². The van der Waals surface area contributed by atoms with E-state index >= 15 is 0 Å². The minimum absolute atomic E-state index is 0.0659. The van der Waals surface area contributed by atoms with E-state index in [-0.39, 0.29) is 6.42 Å². The lowest BCUT2D eigenvalue weighted by atomic mass is 10.1.